The predicted molar refractivity (Wildman–Crippen MR) is 81.6 cm³/mol. The molecule has 0 aromatic carbocycles. The number of nitrogens with zero attached hydrogens (tertiary/aromatic N) is 1. The number of nitrogens with one attached hydrogen (secondary N) is 1. The Hall–Kier alpha value is -1.06. The van der Waals surface area contributed by atoms with E-state index in [9.17, 15) is 9.59 Å². The monoisotopic (exact) mass is 292 g/mol. The lowest BCUT2D eigenvalue weighted by molar-refractivity contribution is -0.142. The minimum Gasteiger partial charge on any atom is -0.342 e. The lowest BCUT2D eigenvalue weighted by Crippen LogP contribution is -2.58. The van der Waals surface area contributed by atoms with Gasteiger partial charge in [-0.15, -0.1) is 0 Å². The summed E-state index contributed by atoms with van der Waals surface area (Å²) in [5, 5.41) is 3.07. The molecule has 1 heterocycles. The van der Waals surface area contributed by atoms with Crippen molar-refractivity contribution in [3.63, 3.8) is 0 Å². The van der Waals surface area contributed by atoms with Crippen molar-refractivity contribution in [1.82, 2.24) is 10.2 Å². The van der Waals surface area contributed by atoms with Crippen molar-refractivity contribution >= 4 is 11.8 Å². The zero-order chi connectivity index (χ0) is 15.0. The largest absolute Gasteiger partial charge is 0.342 e. The van der Waals surface area contributed by atoms with Crippen molar-refractivity contribution in [3.05, 3.63) is 0 Å². The number of carbonyl (C=O) groups is 2. The second-order valence-electron chi connectivity index (χ2n) is 7.42. The summed E-state index contributed by atoms with van der Waals surface area (Å²) in [6, 6.07) is 0.325. The average molecular weight is 292 g/mol. The molecular weight excluding hydrogens is 264 g/mol. The molecule has 21 heavy (non-hydrogen) atoms. The second-order valence-corrected chi connectivity index (χ2v) is 7.42. The van der Waals surface area contributed by atoms with Crippen LogP contribution in [-0.2, 0) is 9.59 Å². The zero-order valence-electron chi connectivity index (χ0n) is 13.4. The van der Waals surface area contributed by atoms with Crippen LogP contribution < -0.4 is 5.32 Å². The second kappa shape index (κ2) is 5.62. The maximum Gasteiger partial charge on any atom is 0.248 e. The van der Waals surface area contributed by atoms with E-state index in [4.69, 9.17) is 0 Å². The molecule has 0 aromatic rings. The van der Waals surface area contributed by atoms with Gasteiger partial charge in [0.25, 0.3) is 0 Å². The SMILES string of the molecule is CC1CCCC(N2CCC(=O)NC3(CCCC3)C2=O)C1C. The van der Waals surface area contributed by atoms with Crippen molar-refractivity contribution in [2.45, 2.75) is 76.8 Å². The summed E-state index contributed by atoms with van der Waals surface area (Å²) >= 11 is 0. The fourth-order valence-electron chi connectivity index (χ4n) is 4.61. The molecule has 1 saturated heterocycles. The smallest absolute Gasteiger partial charge is 0.248 e. The van der Waals surface area contributed by atoms with Gasteiger partial charge in [-0.3, -0.25) is 9.59 Å². The summed E-state index contributed by atoms with van der Waals surface area (Å²) in [4.78, 5) is 27.3. The molecule has 0 radical (unpaired) electrons. The molecule has 3 aliphatic rings. The summed E-state index contributed by atoms with van der Waals surface area (Å²) in [6.45, 7) is 5.19. The van der Waals surface area contributed by atoms with E-state index in [0.29, 0.717) is 30.8 Å². The van der Waals surface area contributed by atoms with Gasteiger partial charge in [-0.1, -0.05) is 39.5 Å². The van der Waals surface area contributed by atoms with E-state index >= 15 is 0 Å². The average Bonchev–Trinajstić information content (AvgIpc) is 2.88. The lowest BCUT2D eigenvalue weighted by atomic mass is 9.76. The third kappa shape index (κ3) is 2.58. The maximum absolute atomic E-state index is 13.2. The molecule has 2 aliphatic carbocycles. The molecule has 4 nitrogen and oxygen atoms in total. The van der Waals surface area contributed by atoms with Crippen LogP contribution in [0, 0.1) is 11.8 Å². The van der Waals surface area contributed by atoms with Crippen LogP contribution in [-0.4, -0.2) is 34.8 Å². The van der Waals surface area contributed by atoms with Crippen molar-refractivity contribution < 1.29 is 9.59 Å². The summed E-state index contributed by atoms with van der Waals surface area (Å²) in [5.41, 5.74) is -0.575. The standard InChI is InChI=1S/C17H28N2O2/c1-12-6-5-7-14(13(12)2)19-11-8-15(20)18-17(16(19)21)9-3-4-10-17/h12-14H,3-11H2,1-2H3,(H,18,20). The van der Waals surface area contributed by atoms with Gasteiger partial charge in [-0.25, -0.2) is 0 Å². The normalized spacial score (nSPS) is 36.7. The molecule has 0 bridgehead atoms. The first-order valence-corrected chi connectivity index (χ1v) is 8.65. The van der Waals surface area contributed by atoms with Gasteiger partial charge in [-0.05, 0) is 31.1 Å². The number of hydrogen-bond acceptors (Lipinski definition) is 2. The predicted octanol–water partition coefficient (Wildman–Crippen LogP) is 2.47. The van der Waals surface area contributed by atoms with Crippen LogP contribution in [0.25, 0.3) is 0 Å². The number of hydrogen-bond donors (Lipinski definition) is 1. The third-order valence-corrected chi connectivity index (χ3v) is 6.15. The first-order valence-electron chi connectivity index (χ1n) is 8.65. The quantitative estimate of drug-likeness (QED) is 0.807. The van der Waals surface area contributed by atoms with Crippen LogP contribution >= 0.6 is 0 Å². The third-order valence-electron chi connectivity index (χ3n) is 6.15. The summed E-state index contributed by atoms with van der Waals surface area (Å²) < 4.78 is 0. The van der Waals surface area contributed by atoms with Crippen LogP contribution in [0.15, 0.2) is 0 Å². The van der Waals surface area contributed by atoms with Crippen molar-refractivity contribution in [1.29, 1.82) is 0 Å². The van der Waals surface area contributed by atoms with E-state index in [1.807, 2.05) is 0 Å². The molecule has 2 saturated carbocycles. The van der Waals surface area contributed by atoms with Crippen LogP contribution in [0.4, 0.5) is 0 Å². The van der Waals surface area contributed by atoms with Crippen LogP contribution in [0.1, 0.15) is 65.2 Å². The molecule has 1 N–H and O–H groups in total. The fraction of sp³-hybridized carbons (Fsp3) is 0.882. The van der Waals surface area contributed by atoms with Gasteiger partial charge in [-0.2, -0.15) is 0 Å². The minimum absolute atomic E-state index is 0.0595. The van der Waals surface area contributed by atoms with Gasteiger partial charge in [0, 0.05) is 19.0 Å². The molecule has 118 valence electrons. The number of carbonyl (C=O) groups excluding carboxylic acids is 2. The van der Waals surface area contributed by atoms with E-state index < -0.39 is 5.54 Å². The summed E-state index contributed by atoms with van der Waals surface area (Å²) in [7, 11) is 0. The Morgan fingerprint density at radius 1 is 1.10 bits per heavy atom. The zero-order valence-corrected chi connectivity index (χ0v) is 13.4. The molecular formula is C17H28N2O2. The number of rotatable bonds is 1. The molecule has 1 spiro atoms. The van der Waals surface area contributed by atoms with Gasteiger partial charge in [0.15, 0.2) is 0 Å². The highest BCUT2D eigenvalue weighted by molar-refractivity contribution is 5.94. The molecule has 3 rings (SSSR count). The van der Waals surface area contributed by atoms with Crippen LogP contribution in [0.2, 0.25) is 0 Å². The van der Waals surface area contributed by atoms with E-state index in [1.54, 1.807) is 0 Å². The van der Waals surface area contributed by atoms with E-state index in [1.165, 1.54) is 12.8 Å². The molecule has 4 heteroatoms. The Bertz CT molecular complexity index is 429. The lowest BCUT2D eigenvalue weighted by Gasteiger charge is -2.43. The van der Waals surface area contributed by atoms with Crippen molar-refractivity contribution in [2.24, 2.45) is 11.8 Å². The minimum atomic E-state index is -0.575. The Labute approximate surface area is 127 Å². The Balaban J connectivity index is 1.86. The summed E-state index contributed by atoms with van der Waals surface area (Å²) in [6.07, 6.45) is 7.78. The Morgan fingerprint density at radius 3 is 2.52 bits per heavy atom. The van der Waals surface area contributed by atoms with E-state index in [-0.39, 0.29) is 11.8 Å². The first kappa shape index (κ1) is 14.9. The van der Waals surface area contributed by atoms with Gasteiger partial charge in [0.2, 0.25) is 11.8 Å². The molecule has 3 atom stereocenters. The Morgan fingerprint density at radius 2 is 1.81 bits per heavy atom. The van der Waals surface area contributed by atoms with Crippen LogP contribution in [0.3, 0.4) is 0 Å². The van der Waals surface area contributed by atoms with Gasteiger partial charge in [0.05, 0.1) is 0 Å². The molecule has 3 fully saturated rings. The highest BCUT2D eigenvalue weighted by Crippen LogP contribution is 2.38. The summed E-state index contributed by atoms with van der Waals surface area (Å²) in [5.74, 6) is 1.47. The van der Waals surface area contributed by atoms with Crippen molar-refractivity contribution in [2.75, 3.05) is 6.54 Å². The first-order chi connectivity index (χ1) is 10.0. The molecule has 3 unspecified atom stereocenters. The van der Waals surface area contributed by atoms with Crippen LogP contribution in [0.5, 0.6) is 0 Å². The Kier molecular flexibility index (Phi) is 3.98. The topological polar surface area (TPSA) is 49.4 Å². The fourth-order valence-corrected chi connectivity index (χ4v) is 4.61. The number of amides is 2. The highest BCUT2D eigenvalue weighted by atomic mass is 16.2. The van der Waals surface area contributed by atoms with Gasteiger partial charge < -0.3 is 10.2 Å². The molecule has 2 amide bonds. The molecule has 0 aromatic heterocycles. The molecule has 1 aliphatic heterocycles. The van der Waals surface area contributed by atoms with Crippen molar-refractivity contribution in [3.8, 4) is 0 Å². The van der Waals surface area contributed by atoms with Gasteiger partial charge >= 0.3 is 0 Å². The van der Waals surface area contributed by atoms with Gasteiger partial charge in [0.1, 0.15) is 5.54 Å². The maximum atomic E-state index is 13.2. The van der Waals surface area contributed by atoms with E-state index in [2.05, 4.69) is 24.1 Å². The van der Waals surface area contributed by atoms with E-state index in [0.717, 1.165) is 32.1 Å². The highest BCUT2D eigenvalue weighted by Gasteiger charge is 2.48.